The van der Waals surface area contributed by atoms with Gasteiger partial charge in [-0.25, -0.2) is 0 Å². The fourth-order valence-corrected chi connectivity index (χ4v) is 6.13. The quantitative estimate of drug-likeness (QED) is 0.0330. The van der Waals surface area contributed by atoms with Crippen LogP contribution >= 0.6 is 0 Å². The Kier molecular flexibility index (Phi) is 34.4. The van der Waals surface area contributed by atoms with Gasteiger partial charge in [0, 0.05) is 12.8 Å². The molecule has 0 fully saturated rings. The molecule has 2 unspecified atom stereocenters. The third kappa shape index (κ3) is 22.5. The zero-order valence-electron chi connectivity index (χ0n) is 39.1. The minimum absolute atomic E-state index is 0.139. The van der Waals surface area contributed by atoms with E-state index in [1.54, 1.807) is 13.8 Å². The summed E-state index contributed by atoms with van der Waals surface area (Å²) in [7, 11) is 0. The van der Waals surface area contributed by atoms with Crippen LogP contribution in [-0.4, -0.2) is 88.3 Å². The Morgan fingerprint density at radius 1 is 0.310 bits per heavy atom. The van der Waals surface area contributed by atoms with Crippen molar-refractivity contribution in [2.75, 3.05) is 52.9 Å². The molecule has 2 atom stereocenters. The van der Waals surface area contributed by atoms with Gasteiger partial charge in [-0.3, -0.25) is 9.59 Å². The molecule has 0 heterocycles. The molecule has 0 aromatic heterocycles. The molecule has 12 nitrogen and oxygen atoms in total. The lowest BCUT2D eigenvalue weighted by molar-refractivity contribution is -0.480. The van der Waals surface area contributed by atoms with E-state index in [2.05, 4.69) is 13.8 Å². The van der Waals surface area contributed by atoms with Gasteiger partial charge in [-0.15, -0.1) is 0 Å². The van der Waals surface area contributed by atoms with E-state index >= 15 is 0 Å². The van der Waals surface area contributed by atoms with Gasteiger partial charge in [-0.1, -0.05) is 120 Å². The van der Waals surface area contributed by atoms with Crippen molar-refractivity contribution in [3.63, 3.8) is 0 Å². The highest BCUT2D eigenvalue weighted by Gasteiger charge is 2.59. The van der Waals surface area contributed by atoms with Crippen LogP contribution in [0, 0.1) is 0 Å². The lowest BCUT2D eigenvalue weighted by atomic mass is 10.1. The Hall–Kier alpha value is -1.38. The topological polar surface area (TPSA) is 126 Å². The van der Waals surface area contributed by atoms with Gasteiger partial charge in [0.25, 0.3) is 11.6 Å². The number of carbonyl (C=O) groups excluding carboxylic acids is 2. The summed E-state index contributed by atoms with van der Waals surface area (Å²) >= 11 is 0. The normalized spacial score (nSPS) is 14.3. The Balaban J connectivity index is 5.72. The van der Waals surface area contributed by atoms with E-state index < -0.39 is 35.5 Å². The summed E-state index contributed by atoms with van der Waals surface area (Å²) in [5, 5.41) is 0. The minimum Gasteiger partial charge on any atom is -0.403 e. The third-order valence-electron chi connectivity index (χ3n) is 9.52. The molecule has 0 aliphatic carbocycles. The molecule has 0 radical (unpaired) electrons. The van der Waals surface area contributed by atoms with Gasteiger partial charge in [-0.05, 0) is 78.1 Å². The summed E-state index contributed by atoms with van der Waals surface area (Å²) in [6, 6.07) is 0. The monoisotopic (exact) mass is 835 g/mol. The van der Waals surface area contributed by atoms with Crippen molar-refractivity contribution in [3.05, 3.63) is 0 Å². The molecule has 0 rings (SSSR count). The van der Waals surface area contributed by atoms with Gasteiger partial charge < -0.3 is 47.4 Å². The highest BCUT2D eigenvalue weighted by Crippen LogP contribution is 2.38. The van der Waals surface area contributed by atoms with Gasteiger partial charge in [0.1, 0.15) is 0 Å². The molecule has 0 amide bonds. The van der Waals surface area contributed by atoms with E-state index in [0.717, 1.165) is 64.2 Å². The van der Waals surface area contributed by atoms with Crippen molar-refractivity contribution in [2.45, 2.75) is 234 Å². The smallest absolute Gasteiger partial charge is 0.386 e. The van der Waals surface area contributed by atoms with Gasteiger partial charge in [0.15, 0.2) is 0 Å². The first-order valence-corrected chi connectivity index (χ1v) is 23.5. The van der Waals surface area contributed by atoms with Gasteiger partial charge in [0.2, 0.25) is 0 Å². The number of esters is 2. The summed E-state index contributed by atoms with van der Waals surface area (Å²) in [5.74, 6) is -7.60. The average molecular weight is 835 g/mol. The van der Waals surface area contributed by atoms with Crippen LogP contribution in [0.5, 0.6) is 0 Å². The summed E-state index contributed by atoms with van der Waals surface area (Å²) in [4.78, 5) is 27.0. The molecule has 0 aliphatic rings. The van der Waals surface area contributed by atoms with E-state index in [-0.39, 0.29) is 12.8 Å². The molecular formula is C46H90O12. The molecule has 0 aromatic carbocycles. The zero-order valence-corrected chi connectivity index (χ0v) is 39.1. The minimum atomic E-state index is -1.86. The van der Waals surface area contributed by atoms with Gasteiger partial charge in [-0.2, -0.15) is 0 Å². The lowest BCUT2D eigenvalue weighted by Gasteiger charge is -2.44. The number of hydrogen-bond donors (Lipinski definition) is 0. The number of ether oxygens (including phenoxy) is 10. The maximum atomic E-state index is 13.5. The first-order chi connectivity index (χ1) is 28.0. The Labute approximate surface area is 355 Å². The molecule has 346 valence electrons. The van der Waals surface area contributed by atoms with Crippen LogP contribution in [-0.2, 0) is 57.0 Å². The first kappa shape index (κ1) is 56.6. The summed E-state index contributed by atoms with van der Waals surface area (Å²) in [6.07, 6.45) is 17.7. The molecule has 0 aliphatic heterocycles. The SMILES string of the molecule is CCCCCCCOC(C)(OCCC)C(OCCC)(OCCC)OC(=O)CCCCCCC(=O)OC(OCCC)(OCCC)C(C)(OCCC)OCCCCCCC. The average Bonchev–Trinajstić information content (AvgIpc) is 3.22. The van der Waals surface area contributed by atoms with E-state index in [0.29, 0.717) is 104 Å². The van der Waals surface area contributed by atoms with Crippen molar-refractivity contribution in [1.29, 1.82) is 0 Å². The third-order valence-corrected chi connectivity index (χ3v) is 9.52. The van der Waals surface area contributed by atoms with Crippen LogP contribution in [0.4, 0.5) is 0 Å². The largest absolute Gasteiger partial charge is 0.403 e. The van der Waals surface area contributed by atoms with E-state index in [1.807, 2.05) is 41.5 Å². The summed E-state index contributed by atoms with van der Waals surface area (Å²) in [5.41, 5.74) is 0. The number of rotatable bonds is 43. The fourth-order valence-electron chi connectivity index (χ4n) is 6.13. The summed E-state index contributed by atoms with van der Waals surface area (Å²) < 4.78 is 62.6. The lowest BCUT2D eigenvalue weighted by Crippen LogP contribution is -2.62. The Morgan fingerprint density at radius 3 is 0.862 bits per heavy atom. The molecule has 0 aromatic rings. The van der Waals surface area contributed by atoms with Gasteiger partial charge >= 0.3 is 23.9 Å². The molecule has 0 bridgehead atoms. The van der Waals surface area contributed by atoms with Crippen molar-refractivity contribution >= 4 is 11.9 Å². The van der Waals surface area contributed by atoms with Crippen molar-refractivity contribution in [3.8, 4) is 0 Å². The number of unbranched alkanes of at least 4 members (excludes halogenated alkanes) is 11. The van der Waals surface area contributed by atoms with E-state index in [1.165, 1.54) is 12.8 Å². The van der Waals surface area contributed by atoms with Crippen LogP contribution in [0.2, 0.25) is 0 Å². The fraction of sp³-hybridized carbons (Fsp3) is 0.957. The van der Waals surface area contributed by atoms with Crippen LogP contribution in [0.15, 0.2) is 0 Å². The molecule has 58 heavy (non-hydrogen) atoms. The second kappa shape index (κ2) is 35.2. The van der Waals surface area contributed by atoms with Gasteiger partial charge in [0.05, 0.1) is 52.9 Å². The van der Waals surface area contributed by atoms with Crippen LogP contribution < -0.4 is 0 Å². The van der Waals surface area contributed by atoms with E-state index in [4.69, 9.17) is 47.4 Å². The molecule has 0 spiro atoms. The Morgan fingerprint density at radius 2 is 0.569 bits per heavy atom. The predicted octanol–water partition coefficient (Wildman–Crippen LogP) is 11.7. The standard InChI is InChI=1S/C46H90O12/c1-11-19-21-25-29-39-51-43(9,49-33-13-3)45(53-35-15-5,54-36-16-6)57-41(47)31-27-23-24-28-32-42(48)58-46(55-37-17-7,56-38-18-8)44(10,50-34-14-4)52-40-30-26-22-20-12-2/h11-40H2,1-10H3. The van der Waals surface area contributed by atoms with Crippen LogP contribution in [0.1, 0.15) is 210 Å². The maximum absolute atomic E-state index is 13.5. The molecule has 0 saturated carbocycles. The zero-order chi connectivity index (χ0) is 43.4. The van der Waals surface area contributed by atoms with Crippen LogP contribution in [0.25, 0.3) is 0 Å². The van der Waals surface area contributed by atoms with Crippen molar-refractivity contribution in [1.82, 2.24) is 0 Å². The van der Waals surface area contributed by atoms with Crippen molar-refractivity contribution in [2.24, 2.45) is 0 Å². The predicted molar refractivity (Wildman–Crippen MR) is 229 cm³/mol. The first-order valence-electron chi connectivity index (χ1n) is 23.5. The van der Waals surface area contributed by atoms with Crippen molar-refractivity contribution < 1.29 is 57.0 Å². The molecular weight excluding hydrogens is 744 g/mol. The highest BCUT2D eigenvalue weighted by atomic mass is 16.9. The molecule has 12 heteroatoms. The summed E-state index contributed by atoms with van der Waals surface area (Å²) in [6.45, 7) is 22.6. The second-order valence-corrected chi connectivity index (χ2v) is 15.5. The van der Waals surface area contributed by atoms with E-state index in [9.17, 15) is 9.59 Å². The maximum Gasteiger partial charge on any atom is 0.386 e. The Bertz CT molecular complexity index is 888. The number of carbonyl (C=O) groups is 2. The molecule has 0 saturated heterocycles. The second-order valence-electron chi connectivity index (χ2n) is 15.5. The number of hydrogen-bond acceptors (Lipinski definition) is 12. The van der Waals surface area contributed by atoms with Crippen LogP contribution in [0.3, 0.4) is 0 Å². The highest BCUT2D eigenvalue weighted by molar-refractivity contribution is 5.70. The molecule has 0 N–H and O–H groups in total.